The van der Waals surface area contributed by atoms with Crippen LogP contribution >= 0.6 is 11.3 Å². The van der Waals surface area contributed by atoms with E-state index < -0.39 is 5.54 Å². The van der Waals surface area contributed by atoms with Gasteiger partial charge in [0.15, 0.2) is 0 Å². The molecule has 1 spiro atoms. The van der Waals surface area contributed by atoms with Crippen LogP contribution in [0.1, 0.15) is 40.0 Å². The van der Waals surface area contributed by atoms with Crippen LogP contribution in [0, 0.1) is 13.8 Å². The van der Waals surface area contributed by atoms with E-state index in [0.717, 1.165) is 35.1 Å². The van der Waals surface area contributed by atoms with Crippen molar-refractivity contribution in [2.24, 2.45) is 0 Å². The molecule has 2 aliphatic rings. The van der Waals surface area contributed by atoms with Crippen molar-refractivity contribution in [2.45, 2.75) is 45.2 Å². The fourth-order valence-electron chi connectivity index (χ4n) is 3.83. The fourth-order valence-corrected chi connectivity index (χ4v) is 4.83. The molecule has 1 aliphatic carbocycles. The van der Waals surface area contributed by atoms with Gasteiger partial charge < -0.3 is 5.32 Å². The van der Waals surface area contributed by atoms with E-state index in [9.17, 15) is 9.59 Å². The van der Waals surface area contributed by atoms with Crippen molar-refractivity contribution in [3.05, 3.63) is 56.8 Å². The van der Waals surface area contributed by atoms with Gasteiger partial charge in [-0.3, -0.25) is 9.69 Å². The summed E-state index contributed by atoms with van der Waals surface area (Å²) in [5.41, 5.74) is 3.41. The Balaban J connectivity index is 1.70. The van der Waals surface area contributed by atoms with Crippen molar-refractivity contribution < 1.29 is 9.59 Å². The van der Waals surface area contributed by atoms with Gasteiger partial charge >= 0.3 is 6.03 Å². The number of carbonyl (C=O) groups excluding carboxylic acids is 2. The minimum Gasteiger partial charge on any atom is -0.319 e. The Labute approximate surface area is 145 Å². The van der Waals surface area contributed by atoms with E-state index in [1.165, 1.54) is 9.78 Å². The Morgan fingerprint density at radius 3 is 2.92 bits per heavy atom. The topological polar surface area (TPSA) is 49.4 Å². The minimum atomic E-state index is -0.845. The molecule has 1 aromatic carbocycles. The van der Waals surface area contributed by atoms with E-state index in [-0.39, 0.29) is 11.9 Å². The lowest BCUT2D eigenvalue weighted by atomic mass is 9.80. The summed E-state index contributed by atoms with van der Waals surface area (Å²) in [4.78, 5) is 28.4. The van der Waals surface area contributed by atoms with Crippen LogP contribution in [0.25, 0.3) is 0 Å². The van der Waals surface area contributed by atoms with E-state index in [0.29, 0.717) is 13.0 Å². The highest BCUT2D eigenvalue weighted by atomic mass is 32.1. The molecule has 2 aromatic rings. The largest absolute Gasteiger partial charge is 0.325 e. The third-order valence-corrected chi connectivity index (χ3v) is 6.15. The highest BCUT2D eigenvalue weighted by Gasteiger charge is 2.54. The first-order chi connectivity index (χ1) is 11.5. The smallest absolute Gasteiger partial charge is 0.319 e. The van der Waals surface area contributed by atoms with Gasteiger partial charge in [-0.05, 0) is 55.7 Å². The SMILES string of the molecule is Cc1ccc(C)c(CN2C(=O)NC3(CCCc4sccc43)C2=O)c1. The number of imide groups is 1. The predicted molar refractivity (Wildman–Crippen MR) is 93.9 cm³/mol. The molecule has 3 amide bonds. The van der Waals surface area contributed by atoms with Crippen molar-refractivity contribution in [1.29, 1.82) is 0 Å². The van der Waals surface area contributed by atoms with E-state index >= 15 is 0 Å². The van der Waals surface area contributed by atoms with E-state index in [1.807, 2.05) is 37.4 Å². The van der Waals surface area contributed by atoms with E-state index in [2.05, 4.69) is 11.4 Å². The Morgan fingerprint density at radius 1 is 1.25 bits per heavy atom. The number of hydrogen-bond donors (Lipinski definition) is 1. The summed E-state index contributed by atoms with van der Waals surface area (Å²) in [7, 11) is 0. The molecule has 1 saturated heterocycles. The van der Waals surface area contributed by atoms with Crippen LogP contribution < -0.4 is 5.32 Å². The van der Waals surface area contributed by atoms with Crippen LogP contribution in [0.15, 0.2) is 29.6 Å². The Bertz CT molecular complexity index is 842. The van der Waals surface area contributed by atoms with Gasteiger partial charge in [0.05, 0.1) is 6.54 Å². The van der Waals surface area contributed by atoms with Gasteiger partial charge in [0.1, 0.15) is 5.54 Å². The third-order valence-electron chi connectivity index (χ3n) is 5.17. The number of urea groups is 1. The van der Waals surface area contributed by atoms with Crippen molar-refractivity contribution in [3.63, 3.8) is 0 Å². The first-order valence-electron chi connectivity index (χ1n) is 8.28. The number of rotatable bonds is 2. The summed E-state index contributed by atoms with van der Waals surface area (Å²) in [6, 6.07) is 7.86. The van der Waals surface area contributed by atoms with Crippen molar-refractivity contribution in [2.75, 3.05) is 0 Å². The minimum absolute atomic E-state index is 0.104. The second kappa shape index (κ2) is 5.45. The summed E-state index contributed by atoms with van der Waals surface area (Å²) in [5, 5.41) is 5.03. The monoisotopic (exact) mass is 340 g/mol. The van der Waals surface area contributed by atoms with Gasteiger partial charge in [0, 0.05) is 10.4 Å². The lowest BCUT2D eigenvalue weighted by Crippen LogP contribution is -2.46. The molecule has 0 bridgehead atoms. The first kappa shape index (κ1) is 15.4. The average molecular weight is 340 g/mol. The van der Waals surface area contributed by atoms with Crippen LogP contribution in [-0.2, 0) is 23.3 Å². The molecule has 24 heavy (non-hydrogen) atoms. The lowest BCUT2D eigenvalue weighted by molar-refractivity contribution is -0.132. The van der Waals surface area contributed by atoms with Gasteiger partial charge in [0.25, 0.3) is 5.91 Å². The molecule has 1 N–H and O–H groups in total. The Kier molecular flexibility index (Phi) is 3.49. The van der Waals surface area contributed by atoms with E-state index in [1.54, 1.807) is 11.3 Å². The number of hydrogen-bond acceptors (Lipinski definition) is 3. The second-order valence-electron chi connectivity index (χ2n) is 6.77. The number of nitrogens with zero attached hydrogens (tertiary/aromatic N) is 1. The molecule has 0 radical (unpaired) electrons. The maximum Gasteiger partial charge on any atom is 0.325 e. The number of thiophene rings is 1. The molecule has 1 aromatic heterocycles. The molecule has 1 atom stereocenters. The van der Waals surface area contributed by atoms with Crippen molar-refractivity contribution in [1.82, 2.24) is 10.2 Å². The van der Waals surface area contributed by atoms with Crippen molar-refractivity contribution >= 4 is 23.3 Å². The zero-order valence-electron chi connectivity index (χ0n) is 13.9. The summed E-state index contributed by atoms with van der Waals surface area (Å²) in [6.45, 7) is 4.37. The number of amides is 3. The summed E-state index contributed by atoms with van der Waals surface area (Å²) in [6.07, 6.45) is 2.61. The van der Waals surface area contributed by atoms with Gasteiger partial charge in [0.2, 0.25) is 0 Å². The standard InChI is InChI=1S/C19H20N2O2S/c1-12-5-6-13(2)14(10-12)11-21-17(22)19(20-18(21)23)8-3-4-16-15(19)7-9-24-16/h5-7,9-10H,3-4,8,11H2,1-2H3,(H,20,23). The molecule has 4 nitrogen and oxygen atoms in total. The Hall–Kier alpha value is -2.14. The van der Waals surface area contributed by atoms with Gasteiger partial charge in [-0.15, -0.1) is 11.3 Å². The molecule has 0 saturated carbocycles. The normalized spacial score (nSPS) is 22.8. The van der Waals surface area contributed by atoms with E-state index in [4.69, 9.17) is 0 Å². The summed E-state index contributed by atoms with van der Waals surface area (Å²) in [5.74, 6) is -0.104. The Morgan fingerprint density at radius 2 is 2.08 bits per heavy atom. The van der Waals surface area contributed by atoms with Crippen LogP contribution in [0.5, 0.6) is 0 Å². The number of carbonyl (C=O) groups is 2. The van der Waals surface area contributed by atoms with Gasteiger partial charge in [-0.2, -0.15) is 0 Å². The van der Waals surface area contributed by atoms with Crippen LogP contribution in [0.2, 0.25) is 0 Å². The first-order valence-corrected chi connectivity index (χ1v) is 9.16. The number of nitrogens with one attached hydrogen (secondary N) is 1. The second-order valence-corrected chi connectivity index (χ2v) is 7.77. The maximum absolute atomic E-state index is 13.2. The highest BCUT2D eigenvalue weighted by Crippen LogP contribution is 2.42. The molecule has 124 valence electrons. The van der Waals surface area contributed by atoms with Crippen LogP contribution in [0.3, 0.4) is 0 Å². The van der Waals surface area contributed by atoms with Crippen molar-refractivity contribution in [3.8, 4) is 0 Å². The fraction of sp³-hybridized carbons (Fsp3) is 0.368. The zero-order chi connectivity index (χ0) is 16.9. The molecule has 4 rings (SSSR count). The number of aryl methyl sites for hydroxylation is 3. The quantitative estimate of drug-likeness (QED) is 0.849. The average Bonchev–Trinajstić information content (AvgIpc) is 3.12. The van der Waals surface area contributed by atoms with Crippen LogP contribution in [0.4, 0.5) is 4.79 Å². The molecular formula is C19H20N2O2S. The molecule has 1 aliphatic heterocycles. The van der Waals surface area contributed by atoms with Gasteiger partial charge in [-0.1, -0.05) is 23.8 Å². The number of fused-ring (bicyclic) bond motifs is 2. The highest BCUT2D eigenvalue weighted by molar-refractivity contribution is 7.10. The summed E-state index contributed by atoms with van der Waals surface area (Å²) >= 11 is 1.68. The molecule has 2 heterocycles. The maximum atomic E-state index is 13.2. The molecule has 5 heteroatoms. The van der Waals surface area contributed by atoms with Crippen LogP contribution in [-0.4, -0.2) is 16.8 Å². The molecule has 1 fully saturated rings. The summed E-state index contributed by atoms with van der Waals surface area (Å²) < 4.78 is 0. The van der Waals surface area contributed by atoms with Gasteiger partial charge in [-0.25, -0.2) is 4.79 Å². The number of benzene rings is 1. The predicted octanol–water partition coefficient (Wildman–Crippen LogP) is 3.65. The molecule has 1 unspecified atom stereocenters. The molecular weight excluding hydrogens is 320 g/mol. The third kappa shape index (κ3) is 2.18. The zero-order valence-corrected chi connectivity index (χ0v) is 14.7. The lowest BCUT2D eigenvalue weighted by Gasteiger charge is -2.31.